The lowest BCUT2D eigenvalue weighted by atomic mass is 9.84. The van der Waals surface area contributed by atoms with Crippen molar-refractivity contribution in [2.24, 2.45) is 0 Å². The fourth-order valence-electron chi connectivity index (χ4n) is 5.52. The van der Waals surface area contributed by atoms with Crippen molar-refractivity contribution >= 4 is 33.7 Å². The van der Waals surface area contributed by atoms with Gasteiger partial charge in [0.1, 0.15) is 5.69 Å². The van der Waals surface area contributed by atoms with Crippen molar-refractivity contribution in [3.8, 4) is 17.2 Å². The Balaban J connectivity index is 1.91. The quantitative estimate of drug-likeness (QED) is 0.157. The lowest BCUT2D eigenvalue weighted by molar-refractivity contribution is -0.139. The summed E-state index contributed by atoms with van der Waals surface area (Å²) in [6.45, 7) is 6.91. The molecule has 3 heterocycles. The maximum atomic E-state index is 13.4. The van der Waals surface area contributed by atoms with E-state index in [0.29, 0.717) is 35.1 Å². The van der Waals surface area contributed by atoms with Crippen LogP contribution in [0.4, 0.5) is 0 Å². The molecule has 0 aliphatic carbocycles. The number of nitrogens with zero attached hydrogens (tertiary/aromatic N) is 2. The molecule has 0 radical (unpaired) electrons. The van der Waals surface area contributed by atoms with Crippen LogP contribution in [0, 0.1) is 0 Å². The van der Waals surface area contributed by atoms with Crippen molar-refractivity contribution in [2.75, 3.05) is 35.0 Å². The molecule has 0 fully saturated rings. The Morgan fingerprint density at radius 3 is 2.45 bits per heavy atom. The highest BCUT2D eigenvalue weighted by Crippen LogP contribution is 2.51. The van der Waals surface area contributed by atoms with Gasteiger partial charge in [0.2, 0.25) is 5.75 Å². The molecule has 208 valence electrons. The Hall–Kier alpha value is -4.53. The van der Waals surface area contributed by atoms with E-state index in [-0.39, 0.29) is 17.9 Å². The second-order valence-corrected chi connectivity index (χ2v) is 9.55. The summed E-state index contributed by atoms with van der Waals surface area (Å²) in [5, 5.41) is 1.75. The van der Waals surface area contributed by atoms with Gasteiger partial charge in [-0.3, -0.25) is 0 Å². The maximum absolute atomic E-state index is 13.4. The van der Waals surface area contributed by atoms with Gasteiger partial charge in [-0.15, -0.1) is 0 Å². The number of benzene rings is 2. The molecule has 0 saturated carbocycles. The van der Waals surface area contributed by atoms with Crippen LogP contribution in [-0.4, -0.2) is 56.5 Å². The molecule has 2 aromatic carbocycles. The minimum atomic E-state index is -0.823. The fraction of sp³-hybridized carbons (Fsp3) is 0.323. The molecular formula is C31H32N2O7. The van der Waals surface area contributed by atoms with E-state index in [0.717, 1.165) is 40.2 Å². The van der Waals surface area contributed by atoms with Crippen molar-refractivity contribution < 1.29 is 33.3 Å². The number of ether oxygens (including phenoxy) is 5. The van der Waals surface area contributed by atoms with E-state index in [1.807, 2.05) is 37.3 Å². The van der Waals surface area contributed by atoms with Crippen LogP contribution in [0.1, 0.15) is 53.0 Å². The predicted molar refractivity (Wildman–Crippen MR) is 151 cm³/mol. The highest BCUT2D eigenvalue weighted by atomic mass is 16.5. The average molecular weight is 545 g/mol. The molecule has 9 heteroatoms. The van der Waals surface area contributed by atoms with Crippen molar-refractivity contribution in [1.29, 1.82) is 0 Å². The fourth-order valence-corrected chi connectivity index (χ4v) is 5.52. The van der Waals surface area contributed by atoms with E-state index in [9.17, 15) is 9.59 Å². The van der Waals surface area contributed by atoms with Crippen LogP contribution >= 0.6 is 0 Å². The lowest BCUT2D eigenvalue weighted by Crippen LogP contribution is -2.19. The SMILES string of the molecule is C=C(C(=O)OCCCC)C1c2c(cc(OC)c(OC)c2OC)Cn2c3ccccc3c3cc(C(=O)OC)nc1c32. The van der Waals surface area contributed by atoms with Crippen LogP contribution in [-0.2, 0) is 20.8 Å². The number of pyridine rings is 1. The number of fused-ring (bicyclic) bond motifs is 4. The van der Waals surface area contributed by atoms with Gasteiger partial charge in [0.15, 0.2) is 11.5 Å². The first-order valence-electron chi connectivity index (χ1n) is 13.1. The number of carbonyl (C=O) groups is 2. The van der Waals surface area contributed by atoms with E-state index < -0.39 is 17.9 Å². The molecule has 0 spiro atoms. The van der Waals surface area contributed by atoms with Gasteiger partial charge in [0.05, 0.1) is 52.2 Å². The minimum Gasteiger partial charge on any atom is -0.493 e. The summed E-state index contributed by atoms with van der Waals surface area (Å²) >= 11 is 0. The second kappa shape index (κ2) is 10.9. The first kappa shape index (κ1) is 27.1. The smallest absolute Gasteiger partial charge is 0.356 e. The zero-order valence-corrected chi connectivity index (χ0v) is 23.3. The number of carbonyl (C=O) groups excluding carboxylic acids is 2. The third-order valence-corrected chi connectivity index (χ3v) is 7.36. The Morgan fingerprint density at radius 2 is 1.77 bits per heavy atom. The molecule has 1 aliphatic heterocycles. The highest BCUT2D eigenvalue weighted by molar-refractivity contribution is 6.11. The third kappa shape index (κ3) is 4.22. The van der Waals surface area contributed by atoms with E-state index in [2.05, 4.69) is 11.1 Å². The average Bonchev–Trinajstić information content (AvgIpc) is 3.21. The maximum Gasteiger partial charge on any atom is 0.356 e. The van der Waals surface area contributed by atoms with Crippen molar-refractivity contribution in [3.63, 3.8) is 0 Å². The van der Waals surface area contributed by atoms with Gasteiger partial charge >= 0.3 is 11.9 Å². The Labute approximate surface area is 232 Å². The molecule has 2 aromatic heterocycles. The van der Waals surface area contributed by atoms with Gasteiger partial charge in [0.25, 0.3) is 0 Å². The zero-order valence-electron chi connectivity index (χ0n) is 23.3. The lowest BCUT2D eigenvalue weighted by Gasteiger charge is -2.25. The van der Waals surface area contributed by atoms with Crippen LogP contribution in [0.3, 0.4) is 0 Å². The number of aromatic nitrogens is 2. The molecule has 1 atom stereocenters. The Bertz CT molecular complexity index is 1650. The minimum absolute atomic E-state index is 0.118. The topological polar surface area (TPSA) is 98.1 Å². The largest absolute Gasteiger partial charge is 0.493 e. The van der Waals surface area contributed by atoms with Crippen molar-refractivity contribution in [1.82, 2.24) is 9.55 Å². The van der Waals surface area contributed by atoms with Crippen molar-refractivity contribution in [3.05, 3.63) is 71.1 Å². The van der Waals surface area contributed by atoms with Crippen LogP contribution in [0.15, 0.2) is 48.6 Å². The molecule has 1 aliphatic rings. The van der Waals surface area contributed by atoms with Crippen LogP contribution in [0.2, 0.25) is 0 Å². The molecule has 40 heavy (non-hydrogen) atoms. The number of esters is 2. The molecule has 4 aromatic rings. The molecule has 0 saturated heterocycles. The second-order valence-electron chi connectivity index (χ2n) is 9.55. The summed E-state index contributed by atoms with van der Waals surface area (Å²) in [5.41, 5.74) is 3.93. The van der Waals surface area contributed by atoms with Crippen molar-refractivity contribution in [2.45, 2.75) is 32.2 Å². The van der Waals surface area contributed by atoms with Crippen LogP contribution in [0.5, 0.6) is 17.2 Å². The van der Waals surface area contributed by atoms with Gasteiger partial charge in [0, 0.05) is 34.0 Å². The molecule has 0 amide bonds. The van der Waals surface area contributed by atoms with Gasteiger partial charge in [-0.25, -0.2) is 14.6 Å². The summed E-state index contributed by atoms with van der Waals surface area (Å²) in [6, 6.07) is 11.5. The highest BCUT2D eigenvalue weighted by Gasteiger charge is 2.38. The zero-order chi connectivity index (χ0) is 28.6. The van der Waals surface area contributed by atoms with Gasteiger partial charge in [-0.2, -0.15) is 0 Å². The van der Waals surface area contributed by atoms with Gasteiger partial charge in [-0.1, -0.05) is 38.1 Å². The number of para-hydroxylation sites is 1. The van der Waals surface area contributed by atoms with E-state index in [1.54, 1.807) is 13.2 Å². The summed E-state index contributed by atoms with van der Waals surface area (Å²) in [4.78, 5) is 31.1. The standard InChI is InChI=1S/C31H32N2O7/c1-7-8-13-40-30(34)17(2)24-25-18(14-23(36-3)28(37-4)29(25)38-5)16-33-22-12-10-9-11-19(22)20-15-21(31(35)39-6)32-26(24)27(20)33/h9-12,14-15,24H,2,7-8,13,16H2,1,3-6H3. The number of rotatable bonds is 9. The van der Waals surface area contributed by atoms with Crippen LogP contribution in [0.25, 0.3) is 21.8 Å². The number of methoxy groups -OCH3 is 4. The normalized spacial score (nSPS) is 13.9. The molecule has 1 unspecified atom stereocenters. The number of hydrogen-bond donors (Lipinski definition) is 0. The first-order valence-corrected chi connectivity index (χ1v) is 13.1. The summed E-state index contributed by atoms with van der Waals surface area (Å²) in [6.07, 6.45) is 1.60. The molecule has 0 N–H and O–H groups in total. The predicted octanol–water partition coefficient (Wildman–Crippen LogP) is 5.40. The Kier molecular flexibility index (Phi) is 7.38. The Morgan fingerprint density at radius 1 is 1.02 bits per heavy atom. The summed E-state index contributed by atoms with van der Waals surface area (Å²) in [5.74, 6) is -0.722. The molecule has 0 bridgehead atoms. The first-order chi connectivity index (χ1) is 19.4. The monoisotopic (exact) mass is 544 g/mol. The van der Waals surface area contributed by atoms with E-state index >= 15 is 0 Å². The third-order valence-electron chi connectivity index (χ3n) is 7.36. The summed E-state index contributed by atoms with van der Waals surface area (Å²) < 4.78 is 30.1. The van der Waals surface area contributed by atoms with Gasteiger partial charge in [-0.05, 0) is 30.2 Å². The summed E-state index contributed by atoms with van der Waals surface area (Å²) in [7, 11) is 5.93. The number of hydrogen-bond acceptors (Lipinski definition) is 8. The van der Waals surface area contributed by atoms with Gasteiger partial charge < -0.3 is 28.3 Å². The molecule has 5 rings (SSSR count). The van der Waals surface area contributed by atoms with E-state index in [1.165, 1.54) is 21.3 Å². The molecular weight excluding hydrogens is 512 g/mol. The van der Waals surface area contributed by atoms with Crippen LogP contribution < -0.4 is 14.2 Å². The van der Waals surface area contributed by atoms with E-state index in [4.69, 9.17) is 28.7 Å². The number of unbranched alkanes of at least 4 members (excludes halogenated alkanes) is 1. The molecule has 9 nitrogen and oxygen atoms in total.